The Morgan fingerprint density at radius 2 is 2.08 bits per heavy atom. The van der Waals surface area contributed by atoms with Crippen LogP contribution in [0.5, 0.6) is 0 Å². The highest BCUT2D eigenvalue weighted by Crippen LogP contribution is 2.20. The SMILES string of the molecule is CC(CC#N)c1ccc(F)c(F)c1. The second-order valence-electron chi connectivity index (χ2n) is 2.94. The van der Waals surface area contributed by atoms with Gasteiger partial charge in [-0.15, -0.1) is 0 Å². The van der Waals surface area contributed by atoms with E-state index in [0.717, 1.165) is 12.1 Å². The molecule has 1 atom stereocenters. The molecular formula is C10H9F2N. The molecule has 1 aromatic rings. The summed E-state index contributed by atoms with van der Waals surface area (Å²) < 4.78 is 25.2. The van der Waals surface area contributed by atoms with Gasteiger partial charge in [-0.3, -0.25) is 0 Å². The Hall–Kier alpha value is -1.43. The predicted molar refractivity (Wildman–Crippen MR) is 45.0 cm³/mol. The van der Waals surface area contributed by atoms with Crippen molar-refractivity contribution >= 4 is 0 Å². The van der Waals surface area contributed by atoms with E-state index in [1.165, 1.54) is 6.07 Å². The molecule has 0 aliphatic carbocycles. The third-order valence-corrected chi connectivity index (χ3v) is 1.91. The van der Waals surface area contributed by atoms with E-state index >= 15 is 0 Å². The number of hydrogen-bond acceptors (Lipinski definition) is 1. The van der Waals surface area contributed by atoms with Gasteiger partial charge in [0.25, 0.3) is 0 Å². The third kappa shape index (κ3) is 2.25. The molecule has 68 valence electrons. The van der Waals surface area contributed by atoms with Gasteiger partial charge in [0.2, 0.25) is 0 Å². The van der Waals surface area contributed by atoms with Gasteiger partial charge in [0.15, 0.2) is 11.6 Å². The van der Waals surface area contributed by atoms with Crippen molar-refractivity contribution in [1.29, 1.82) is 5.26 Å². The van der Waals surface area contributed by atoms with E-state index in [2.05, 4.69) is 0 Å². The minimum absolute atomic E-state index is 0.0555. The van der Waals surface area contributed by atoms with Crippen LogP contribution in [0.4, 0.5) is 8.78 Å². The maximum absolute atomic E-state index is 12.7. The monoisotopic (exact) mass is 181 g/mol. The highest BCUT2D eigenvalue weighted by molar-refractivity contribution is 5.21. The average molecular weight is 181 g/mol. The van der Waals surface area contributed by atoms with Crippen LogP contribution in [-0.4, -0.2) is 0 Å². The van der Waals surface area contributed by atoms with Crippen LogP contribution in [0.2, 0.25) is 0 Å². The predicted octanol–water partition coefficient (Wildman–Crippen LogP) is 2.98. The zero-order valence-electron chi connectivity index (χ0n) is 7.22. The Morgan fingerprint density at radius 1 is 1.38 bits per heavy atom. The van der Waals surface area contributed by atoms with Gasteiger partial charge >= 0.3 is 0 Å². The second-order valence-corrected chi connectivity index (χ2v) is 2.94. The van der Waals surface area contributed by atoms with Crippen LogP contribution in [0.1, 0.15) is 24.8 Å². The Labute approximate surface area is 75.6 Å². The van der Waals surface area contributed by atoms with Crippen LogP contribution < -0.4 is 0 Å². The largest absolute Gasteiger partial charge is 0.204 e. The van der Waals surface area contributed by atoms with Gasteiger partial charge in [0.05, 0.1) is 6.07 Å². The van der Waals surface area contributed by atoms with Gasteiger partial charge in [-0.05, 0) is 23.6 Å². The molecule has 1 rings (SSSR count). The van der Waals surface area contributed by atoms with Crippen molar-refractivity contribution in [2.24, 2.45) is 0 Å². The zero-order valence-corrected chi connectivity index (χ0v) is 7.22. The number of halogens is 2. The summed E-state index contributed by atoms with van der Waals surface area (Å²) in [5, 5.41) is 8.40. The van der Waals surface area contributed by atoms with E-state index < -0.39 is 11.6 Å². The molecule has 0 spiro atoms. The highest BCUT2D eigenvalue weighted by Gasteiger charge is 2.08. The maximum Gasteiger partial charge on any atom is 0.159 e. The summed E-state index contributed by atoms with van der Waals surface area (Å²) in [5.41, 5.74) is 0.653. The second kappa shape index (κ2) is 3.99. The van der Waals surface area contributed by atoms with Crippen LogP contribution in [0.15, 0.2) is 18.2 Å². The molecule has 13 heavy (non-hydrogen) atoms. The molecule has 0 heterocycles. The first-order valence-corrected chi connectivity index (χ1v) is 3.97. The van der Waals surface area contributed by atoms with Crippen LogP contribution in [0.3, 0.4) is 0 Å². The van der Waals surface area contributed by atoms with E-state index in [-0.39, 0.29) is 5.92 Å². The van der Waals surface area contributed by atoms with Crippen molar-refractivity contribution in [3.63, 3.8) is 0 Å². The van der Waals surface area contributed by atoms with Gasteiger partial charge in [0.1, 0.15) is 0 Å². The van der Waals surface area contributed by atoms with Crippen LogP contribution >= 0.6 is 0 Å². The average Bonchev–Trinajstić information content (AvgIpc) is 2.10. The summed E-state index contributed by atoms with van der Waals surface area (Å²) in [6.45, 7) is 1.80. The summed E-state index contributed by atoms with van der Waals surface area (Å²) in [4.78, 5) is 0. The van der Waals surface area contributed by atoms with E-state index in [0.29, 0.717) is 12.0 Å². The first-order chi connectivity index (χ1) is 6.15. The lowest BCUT2D eigenvalue weighted by atomic mass is 9.98. The highest BCUT2D eigenvalue weighted by atomic mass is 19.2. The van der Waals surface area contributed by atoms with Crippen molar-refractivity contribution in [2.45, 2.75) is 19.3 Å². The summed E-state index contributed by atoms with van der Waals surface area (Å²) >= 11 is 0. The number of nitrogens with zero attached hydrogens (tertiary/aromatic N) is 1. The fraction of sp³-hybridized carbons (Fsp3) is 0.300. The lowest BCUT2D eigenvalue weighted by Crippen LogP contribution is -1.94. The lowest BCUT2D eigenvalue weighted by molar-refractivity contribution is 0.505. The minimum Gasteiger partial charge on any atom is -0.204 e. The maximum atomic E-state index is 12.7. The van der Waals surface area contributed by atoms with Gasteiger partial charge in [-0.25, -0.2) is 8.78 Å². The molecule has 0 aromatic heterocycles. The number of nitriles is 1. The summed E-state index contributed by atoms with van der Waals surface area (Å²) in [6, 6.07) is 5.70. The van der Waals surface area contributed by atoms with Crippen molar-refractivity contribution in [1.82, 2.24) is 0 Å². The zero-order chi connectivity index (χ0) is 9.84. The molecule has 0 radical (unpaired) electrons. The van der Waals surface area contributed by atoms with Gasteiger partial charge in [-0.2, -0.15) is 5.26 Å². The van der Waals surface area contributed by atoms with Crippen molar-refractivity contribution in [3.8, 4) is 6.07 Å². The third-order valence-electron chi connectivity index (χ3n) is 1.91. The first-order valence-electron chi connectivity index (χ1n) is 3.97. The quantitative estimate of drug-likeness (QED) is 0.688. The van der Waals surface area contributed by atoms with Crippen LogP contribution in [-0.2, 0) is 0 Å². The molecule has 0 aliphatic heterocycles. The standard InChI is InChI=1S/C10H9F2N/c1-7(4-5-13)8-2-3-9(11)10(12)6-8/h2-3,6-7H,4H2,1H3. The molecule has 0 N–H and O–H groups in total. The molecule has 0 amide bonds. The smallest absolute Gasteiger partial charge is 0.159 e. The van der Waals surface area contributed by atoms with E-state index in [4.69, 9.17) is 5.26 Å². The molecule has 1 nitrogen and oxygen atoms in total. The van der Waals surface area contributed by atoms with Gasteiger partial charge in [-0.1, -0.05) is 13.0 Å². The summed E-state index contributed by atoms with van der Waals surface area (Å²) in [6.07, 6.45) is 0.311. The fourth-order valence-electron chi connectivity index (χ4n) is 1.07. The minimum atomic E-state index is -0.859. The molecule has 1 unspecified atom stereocenters. The van der Waals surface area contributed by atoms with Crippen LogP contribution in [0.25, 0.3) is 0 Å². The molecule has 0 aliphatic rings. The number of hydrogen-bond donors (Lipinski definition) is 0. The Bertz CT molecular complexity index is 341. The van der Waals surface area contributed by atoms with Crippen molar-refractivity contribution in [3.05, 3.63) is 35.4 Å². The molecule has 0 fully saturated rings. The molecule has 1 aromatic carbocycles. The summed E-state index contributed by atoms with van der Waals surface area (Å²) in [5.74, 6) is -1.77. The molecular weight excluding hydrogens is 172 g/mol. The van der Waals surface area contributed by atoms with E-state index in [1.54, 1.807) is 6.92 Å². The lowest BCUT2D eigenvalue weighted by Gasteiger charge is -2.06. The Kier molecular flexibility index (Phi) is 2.97. The molecule has 0 saturated carbocycles. The molecule has 0 saturated heterocycles. The number of rotatable bonds is 2. The molecule has 3 heteroatoms. The molecule has 0 bridgehead atoms. The van der Waals surface area contributed by atoms with Gasteiger partial charge < -0.3 is 0 Å². The fourth-order valence-corrected chi connectivity index (χ4v) is 1.07. The van der Waals surface area contributed by atoms with Crippen LogP contribution in [0, 0.1) is 23.0 Å². The first kappa shape index (κ1) is 9.66. The topological polar surface area (TPSA) is 23.8 Å². The normalized spacial score (nSPS) is 12.2. The Morgan fingerprint density at radius 3 is 2.62 bits per heavy atom. The van der Waals surface area contributed by atoms with E-state index in [1.807, 2.05) is 6.07 Å². The van der Waals surface area contributed by atoms with Crippen molar-refractivity contribution < 1.29 is 8.78 Å². The van der Waals surface area contributed by atoms with Gasteiger partial charge in [0, 0.05) is 6.42 Å². The van der Waals surface area contributed by atoms with E-state index in [9.17, 15) is 8.78 Å². The summed E-state index contributed by atoms with van der Waals surface area (Å²) in [7, 11) is 0. The Balaban J connectivity index is 2.91. The number of benzene rings is 1. The van der Waals surface area contributed by atoms with Crippen molar-refractivity contribution in [2.75, 3.05) is 0 Å².